The van der Waals surface area contributed by atoms with E-state index < -0.39 is 11.7 Å². The van der Waals surface area contributed by atoms with Gasteiger partial charge in [-0.1, -0.05) is 30.3 Å². The molecule has 0 fully saturated rings. The zero-order valence-electron chi connectivity index (χ0n) is 15.4. The number of ether oxygens (including phenoxy) is 2. The average Bonchev–Trinajstić information content (AvgIpc) is 2.53. The van der Waals surface area contributed by atoms with Crippen LogP contribution in [0.25, 0.3) is 0 Å². The molecule has 25 heavy (non-hydrogen) atoms. The first-order valence-corrected chi connectivity index (χ1v) is 9.70. The monoisotopic (exact) mass is 367 g/mol. The van der Waals surface area contributed by atoms with E-state index in [0.717, 1.165) is 12.0 Å². The van der Waals surface area contributed by atoms with Gasteiger partial charge in [-0.15, -0.1) is 0 Å². The van der Waals surface area contributed by atoms with Gasteiger partial charge in [0, 0.05) is 25.3 Å². The number of alkyl carbamates (subject to hydrolysis) is 1. The van der Waals surface area contributed by atoms with Gasteiger partial charge in [-0.3, -0.25) is 4.79 Å². The summed E-state index contributed by atoms with van der Waals surface area (Å²) in [5, 5.41) is 2.68. The Bertz CT molecular complexity index is 514. The summed E-state index contributed by atoms with van der Waals surface area (Å²) in [6, 6.07) is 9.98. The predicted octanol–water partition coefficient (Wildman–Crippen LogP) is 3.81. The second-order valence-electron chi connectivity index (χ2n) is 6.66. The Kier molecular flexibility index (Phi) is 10.3. The number of hydrogen-bond donors (Lipinski definition) is 1. The SMILES string of the molecule is CC(C)(C)OC(=O)NCCSCC(=O)CCCOCc1ccccc1. The Morgan fingerprint density at radius 2 is 1.88 bits per heavy atom. The number of Topliss-reactive ketones (excluding diaryl/α,β-unsaturated/α-hetero) is 1. The van der Waals surface area contributed by atoms with Gasteiger partial charge in [0.1, 0.15) is 11.4 Å². The van der Waals surface area contributed by atoms with Gasteiger partial charge in [0.05, 0.1) is 12.4 Å². The van der Waals surface area contributed by atoms with Gasteiger partial charge < -0.3 is 14.8 Å². The molecule has 0 aromatic heterocycles. The van der Waals surface area contributed by atoms with E-state index in [1.165, 1.54) is 11.8 Å². The molecule has 0 bridgehead atoms. The third-order valence-electron chi connectivity index (χ3n) is 3.03. The van der Waals surface area contributed by atoms with Gasteiger partial charge in [-0.05, 0) is 32.8 Å². The van der Waals surface area contributed by atoms with Gasteiger partial charge in [0.2, 0.25) is 0 Å². The summed E-state index contributed by atoms with van der Waals surface area (Å²) in [4.78, 5) is 23.2. The molecule has 0 aliphatic heterocycles. The summed E-state index contributed by atoms with van der Waals surface area (Å²) in [7, 11) is 0. The van der Waals surface area contributed by atoms with Crippen molar-refractivity contribution in [3.8, 4) is 0 Å². The fraction of sp³-hybridized carbons (Fsp3) is 0.579. The zero-order chi connectivity index (χ0) is 18.5. The highest BCUT2D eigenvalue weighted by atomic mass is 32.2. The quantitative estimate of drug-likeness (QED) is 0.603. The molecule has 0 heterocycles. The lowest BCUT2D eigenvalue weighted by atomic mass is 10.2. The molecule has 1 N–H and O–H groups in total. The van der Waals surface area contributed by atoms with Crippen LogP contribution in [0.15, 0.2) is 30.3 Å². The highest BCUT2D eigenvalue weighted by molar-refractivity contribution is 7.99. The lowest BCUT2D eigenvalue weighted by Crippen LogP contribution is -2.33. The van der Waals surface area contributed by atoms with E-state index in [1.54, 1.807) is 0 Å². The molecule has 0 atom stereocenters. The summed E-state index contributed by atoms with van der Waals surface area (Å²) in [6.07, 6.45) is 0.846. The van der Waals surface area contributed by atoms with Crippen LogP contribution in [-0.4, -0.2) is 42.1 Å². The molecule has 1 rings (SSSR count). The third kappa shape index (κ3) is 12.5. The van der Waals surface area contributed by atoms with E-state index in [9.17, 15) is 9.59 Å². The molecule has 1 aromatic rings. The largest absolute Gasteiger partial charge is 0.444 e. The number of nitrogens with one attached hydrogen (secondary N) is 1. The molecular weight excluding hydrogens is 338 g/mol. The minimum atomic E-state index is -0.490. The molecule has 0 unspecified atom stereocenters. The van der Waals surface area contributed by atoms with E-state index in [4.69, 9.17) is 9.47 Å². The van der Waals surface area contributed by atoms with Crippen molar-refractivity contribution in [3.05, 3.63) is 35.9 Å². The number of carbonyl (C=O) groups excluding carboxylic acids is 2. The maximum absolute atomic E-state index is 11.8. The molecule has 0 saturated carbocycles. The van der Waals surface area contributed by atoms with Crippen LogP contribution in [0.4, 0.5) is 4.79 Å². The topological polar surface area (TPSA) is 64.6 Å². The fourth-order valence-corrected chi connectivity index (χ4v) is 2.70. The lowest BCUT2D eigenvalue weighted by Gasteiger charge is -2.19. The van der Waals surface area contributed by atoms with Crippen molar-refractivity contribution < 1.29 is 19.1 Å². The van der Waals surface area contributed by atoms with E-state index >= 15 is 0 Å². The molecule has 140 valence electrons. The predicted molar refractivity (Wildman–Crippen MR) is 102 cm³/mol. The molecule has 0 spiro atoms. The van der Waals surface area contributed by atoms with Gasteiger partial charge in [0.25, 0.3) is 0 Å². The summed E-state index contributed by atoms with van der Waals surface area (Å²) >= 11 is 1.52. The van der Waals surface area contributed by atoms with Gasteiger partial charge >= 0.3 is 6.09 Å². The van der Waals surface area contributed by atoms with Crippen LogP contribution < -0.4 is 5.32 Å². The fourth-order valence-electron chi connectivity index (χ4n) is 1.93. The second-order valence-corrected chi connectivity index (χ2v) is 7.77. The Hall–Kier alpha value is -1.53. The number of rotatable bonds is 11. The van der Waals surface area contributed by atoms with Crippen molar-refractivity contribution in [2.24, 2.45) is 0 Å². The van der Waals surface area contributed by atoms with E-state index in [-0.39, 0.29) is 5.78 Å². The normalized spacial score (nSPS) is 11.2. The van der Waals surface area contributed by atoms with Crippen molar-refractivity contribution in [1.82, 2.24) is 5.32 Å². The van der Waals surface area contributed by atoms with Gasteiger partial charge in [0.15, 0.2) is 0 Å². The molecule has 5 nitrogen and oxygen atoms in total. The van der Waals surface area contributed by atoms with Gasteiger partial charge in [-0.25, -0.2) is 4.79 Å². The molecule has 1 amide bonds. The summed E-state index contributed by atoms with van der Waals surface area (Å²) in [6.45, 7) is 7.13. The molecule has 1 aromatic carbocycles. The third-order valence-corrected chi connectivity index (χ3v) is 4.05. The molecule has 6 heteroatoms. The number of thioether (sulfide) groups is 1. The maximum Gasteiger partial charge on any atom is 0.407 e. The molecule has 0 aliphatic carbocycles. The van der Waals surface area contributed by atoms with Crippen LogP contribution in [0.2, 0.25) is 0 Å². The minimum absolute atomic E-state index is 0.213. The van der Waals surface area contributed by atoms with Crippen molar-refractivity contribution in [1.29, 1.82) is 0 Å². The number of ketones is 1. The van der Waals surface area contributed by atoms with Crippen LogP contribution in [0.1, 0.15) is 39.2 Å². The second kappa shape index (κ2) is 11.9. The summed E-state index contributed by atoms with van der Waals surface area (Å²) < 4.78 is 10.7. The first-order chi connectivity index (χ1) is 11.9. The molecular formula is C19H29NO4S. The number of benzene rings is 1. The van der Waals surface area contributed by atoms with E-state index in [2.05, 4.69) is 5.32 Å². The lowest BCUT2D eigenvalue weighted by molar-refractivity contribution is -0.116. The Balaban J connectivity index is 1.94. The summed E-state index contributed by atoms with van der Waals surface area (Å²) in [5.41, 5.74) is 0.650. The average molecular weight is 368 g/mol. The number of carbonyl (C=O) groups is 2. The molecule has 0 radical (unpaired) electrons. The number of amides is 1. The van der Waals surface area contributed by atoms with Crippen molar-refractivity contribution >= 4 is 23.6 Å². The van der Waals surface area contributed by atoms with E-state index in [1.807, 2.05) is 51.1 Å². The number of hydrogen-bond acceptors (Lipinski definition) is 5. The zero-order valence-corrected chi connectivity index (χ0v) is 16.2. The van der Waals surface area contributed by atoms with Gasteiger partial charge in [-0.2, -0.15) is 11.8 Å². The van der Waals surface area contributed by atoms with E-state index in [0.29, 0.717) is 37.7 Å². The maximum atomic E-state index is 11.8. The van der Waals surface area contributed by atoms with Crippen molar-refractivity contribution in [2.75, 3.05) is 24.7 Å². The minimum Gasteiger partial charge on any atom is -0.444 e. The molecule has 0 saturated heterocycles. The van der Waals surface area contributed by atoms with Crippen molar-refractivity contribution in [2.45, 2.75) is 45.8 Å². The van der Waals surface area contributed by atoms with Crippen molar-refractivity contribution in [3.63, 3.8) is 0 Å². The van der Waals surface area contributed by atoms with Crippen LogP contribution in [-0.2, 0) is 20.9 Å². The smallest absolute Gasteiger partial charge is 0.407 e. The van der Waals surface area contributed by atoms with Crippen LogP contribution in [0.3, 0.4) is 0 Å². The Labute approximate surface area is 154 Å². The Morgan fingerprint density at radius 3 is 2.56 bits per heavy atom. The molecule has 0 aliphatic rings. The highest BCUT2D eigenvalue weighted by Gasteiger charge is 2.15. The first kappa shape index (κ1) is 21.5. The van der Waals surface area contributed by atoms with Crippen LogP contribution in [0, 0.1) is 0 Å². The summed E-state index contributed by atoms with van der Waals surface area (Å²) in [5.74, 6) is 1.37. The van der Waals surface area contributed by atoms with Crippen LogP contribution in [0.5, 0.6) is 0 Å². The van der Waals surface area contributed by atoms with Crippen LogP contribution >= 0.6 is 11.8 Å². The first-order valence-electron chi connectivity index (χ1n) is 8.55. The standard InChI is InChI=1S/C19H29NO4S/c1-19(2,3)24-18(22)20-11-13-25-15-17(21)10-7-12-23-14-16-8-5-4-6-9-16/h4-6,8-9H,7,10-15H2,1-3H3,(H,20,22). The highest BCUT2D eigenvalue weighted by Crippen LogP contribution is 2.07. The Morgan fingerprint density at radius 1 is 1.16 bits per heavy atom.